The highest BCUT2D eigenvalue weighted by Crippen LogP contribution is 2.30. The molecule has 1 N–H and O–H groups in total. The quantitative estimate of drug-likeness (QED) is 0.567. The summed E-state index contributed by atoms with van der Waals surface area (Å²) in [6, 6.07) is 13.9. The van der Waals surface area contributed by atoms with Crippen molar-refractivity contribution in [2.75, 3.05) is 19.7 Å². The van der Waals surface area contributed by atoms with Crippen LogP contribution in [0.5, 0.6) is 5.75 Å². The first-order valence-electron chi connectivity index (χ1n) is 10.7. The number of carbonyl (C=O) groups is 1. The molecule has 3 aromatic rings. The van der Waals surface area contributed by atoms with Gasteiger partial charge in [-0.1, -0.05) is 30.3 Å². The summed E-state index contributed by atoms with van der Waals surface area (Å²) in [5.41, 5.74) is 3.99. The molecule has 1 aliphatic heterocycles. The molecule has 0 unspecified atom stereocenters. The van der Waals surface area contributed by atoms with E-state index in [-0.39, 0.29) is 18.4 Å². The molecule has 0 aliphatic carbocycles. The minimum Gasteiger partial charge on any atom is -0.491 e. The summed E-state index contributed by atoms with van der Waals surface area (Å²) in [7, 11) is 0. The van der Waals surface area contributed by atoms with Crippen LogP contribution in [-0.4, -0.2) is 51.3 Å². The second-order valence-corrected chi connectivity index (χ2v) is 8.29. The first-order chi connectivity index (χ1) is 15.0. The molecule has 6 heteroatoms. The number of aliphatic hydroxyl groups excluding tert-OH is 1. The van der Waals surface area contributed by atoms with Gasteiger partial charge in [0.15, 0.2) is 0 Å². The number of hydrogen-bond acceptors (Lipinski definition) is 4. The molecule has 0 bridgehead atoms. The summed E-state index contributed by atoms with van der Waals surface area (Å²) in [6.45, 7) is 9.45. The fraction of sp³-hybridized carbons (Fsp3) is 0.360. The fourth-order valence-corrected chi connectivity index (χ4v) is 4.19. The van der Waals surface area contributed by atoms with E-state index in [1.807, 2.05) is 60.9 Å². The summed E-state index contributed by atoms with van der Waals surface area (Å²) in [4.78, 5) is 19.0. The molecular formula is C25H29N3O3. The average Bonchev–Trinajstić information content (AvgIpc) is 3.29. The number of carbonyl (C=O) groups excluding carboxylic acids is 1. The van der Waals surface area contributed by atoms with Gasteiger partial charge in [-0.3, -0.25) is 4.79 Å². The van der Waals surface area contributed by atoms with Gasteiger partial charge < -0.3 is 19.3 Å². The summed E-state index contributed by atoms with van der Waals surface area (Å²) in [6.07, 6.45) is 1.46. The number of likely N-dealkylation sites (tertiary alicyclic amines) is 1. The molecule has 2 heterocycles. The third-order valence-corrected chi connectivity index (χ3v) is 5.78. The Morgan fingerprint density at radius 3 is 2.90 bits per heavy atom. The molecule has 0 spiro atoms. The number of benzene rings is 2. The summed E-state index contributed by atoms with van der Waals surface area (Å²) in [5, 5.41) is 10.8. The number of para-hydroxylation sites is 2. The van der Waals surface area contributed by atoms with Crippen LogP contribution in [0.2, 0.25) is 0 Å². The predicted octanol–water partition coefficient (Wildman–Crippen LogP) is 3.59. The molecule has 1 aromatic heterocycles. The zero-order valence-electron chi connectivity index (χ0n) is 18.1. The minimum absolute atomic E-state index is 0.00742. The van der Waals surface area contributed by atoms with Crippen LogP contribution >= 0.6 is 0 Å². The molecule has 1 fully saturated rings. The van der Waals surface area contributed by atoms with Crippen molar-refractivity contribution < 1.29 is 14.6 Å². The van der Waals surface area contributed by atoms with Crippen LogP contribution in [-0.2, 0) is 11.3 Å². The van der Waals surface area contributed by atoms with Crippen molar-refractivity contribution in [2.24, 2.45) is 0 Å². The second-order valence-electron chi connectivity index (χ2n) is 8.29. The Balaban J connectivity index is 1.55. The lowest BCUT2D eigenvalue weighted by molar-refractivity contribution is -0.127. The van der Waals surface area contributed by atoms with Crippen molar-refractivity contribution in [2.45, 2.75) is 38.8 Å². The Kier molecular flexibility index (Phi) is 6.09. The summed E-state index contributed by atoms with van der Waals surface area (Å²) < 4.78 is 7.96. The van der Waals surface area contributed by atoms with Crippen molar-refractivity contribution in [3.63, 3.8) is 0 Å². The summed E-state index contributed by atoms with van der Waals surface area (Å²) in [5.74, 6) is 1.73. The Bertz CT molecular complexity index is 1100. The van der Waals surface area contributed by atoms with Crippen molar-refractivity contribution in [3.8, 4) is 5.75 Å². The van der Waals surface area contributed by atoms with Gasteiger partial charge in [0.05, 0.1) is 17.6 Å². The molecule has 1 amide bonds. The maximum Gasteiger partial charge on any atom is 0.223 e. The zero-order chi connectivity index (χ0) is 22.0. The first-order valence-corrected chi connectivity index (χ1v) is 10.7. The standard InChI is InChI=1S/C25H29N3O3/c1-4-11-27-14-19(13-24(27)30)25-26-21-7-5-6-8-22(21)28(25)15-20(29)16-31-23-12-17(2)9-10-18(23)3/h4-10,12,19-20,29H,1,11,13-16H2,2-3H3/t19-,20+/m0/s1. The fourth-order valence-electron chi connectivity index (χ4n) is 4.19. The van der Waals surface area contributed by atoms with Crippen molar-refractivity contribution in [1.82, 2.24) is 14.5 Å². The monoisotopic (exact) mass is 419 g/mol. The van der Waals surface area contributed by atoms with Crippen LogP contribution in [0, 0.1) is 13.8 Å². The molecule has 6 nitrogen and oxygen atoms in total. The van der Waals surface area contributed by atoms with Crippen LogP contribution in [0.4, 0.5) is 0 Å². The van der Waals surface area contributed by atoms with E-state index >= 15 is 0 Å². The van der Waals surface area contributed by atoms with Crippen LogP contribution in [0.25, 0.3) is 11.0 Å². The van der Waals surface area contributed by atoms with Crippen molar-refractivity contribution >= 4 is 16.9 Å². The van der Waals surface area contributed by atoms with E-state index in [0.29, 0.717) is 26.1 Å². The minimum atomic E-state index is -0.711. The molecule has 2 atom stereocenters. The number of ether oxygens (including phenoxy) is 1. The van der Waals surface area contributed by atoms with E-state index in [4.69, 9.17) is 9.72 Å². The van der Waals surface area contributed by atoms with E-state index < -0.39 is 6.10 Å². The normalized spacial score (nSPS) is 17.3. The van der Waals surface area contributed by atoms with Gasteiger partial charge in [-0.2, -0.15) is 0 Å². The lowest BCUT2D eigenvalue weighted by Crippen LogP contribution is -2.27. The van der Waals surface area contributed by atoms with Crippen LogP contribution < -0.4 is 4.74 Å². The maximum absolute atomic E-state index is 12.4. The van der Waals surface area contributed by atoms with Gasteiger partial charge >= 0.3 is 0 Å². The van der Waals surface area contributed by atoms with Gasteiger partial charge in [-0.15, -0.1) is 6.58 Å². The van der Waals surface area contributed by atoms with Crippen LogP contribution in [0.15, 0.2) is 55.1 Å². The molecule has 2 aromatic carbocycles. The lowest BCUT2D eigenvalue weighted by atomic mass is 10.1. The first kappa shape index (κ1) is 21.1. The largest absolute Gasteiger partial charge is 0.491 e. The van der Waals surface area contributed by atoms with Gasteiger partial charge in [0.25, 0.3) is 0 Å². The Hall–Kier alpha value is -3.12. The molecule has 4 rings (SSSR count). The smallest absolute Gasteiger partial charge is 0.223 e. The number of aliphatic hydroxyl groups is 1. The highest BCUT2D eigenvalue weighted by atomic mass is 16.5. The van der Waals surface area contributed by atoms with E-state index in [1.54, 1.807) is 11.0 Å². The van der Waals surface area contributed by atoms with E-state index in [2.05, 4.69) is 6.58 Å². The van der Waals surface area contributed by atoms with E-state index in [1.165, 1.54) is 0 Å². The molecule has 162 valence electrons. The SMILES string of the molecule is C=CCN1C[C@@H](c2nc3ccccc3n2C[C@@H](O)COc2cc(C)ccc2C)CC1=O. The van der Waals surface area contributed by atoms with Gasteiger partial charge in [0, 0.05) is 25.4 Å². The van der Waals surface area contributed by atoms with Gasteiger partial charge in [-0.05, 0) is 43.2 Å². The third-order valence-electron chi connectivity index (χ3n) is 5.78. The van der Waals surface area contributed by atoms with Crippen LogP contribution in [0.1, 0.15) is 29.3 Å². The molecule has 1 saturated heterocycles. The van der Waals surface area contributed by atoms with E-state index in [9.17, 15) is 9.90 Å². The molecule has 31 heavy (non-hydrogen) atoms. The van der Waals surface area contributed by atoms with Gasteiger partial charge in [0.2, 0.25) is 5.91 Å². The number of hydrogen-bond donors (Lipinski definition) is 1. The molecule has 1 aliphatic rings. The highest BCUT2D eigenvalue weighted by Gasteiger charge is 2.33. The van der Waals surface area contributed by atoms with Crippen LogP contribution in [0.3, 0.4) is 0 Å². The number of imidazole rings is 1. The van der Waals surface area contributed by atoms with Crippen molar-refractivity contribution in [3.05, 3.63) is 72.1 Å². The number of rotatable bonds is 8. The maximum atomic E-state index is 12.4. The topological polar surface area (TPSA) is 67.6 Å². The van der Waals surface area contributed by atoms with Gasteiger partial charge in [-0.25, -0.2) is 4.98 Å². The number of aromatic nitrogens is 2. The van der Waals surface area contributed by atoms with Crippen molar-refractivity contribution in [1.29, 1.82) is 0 Å². The molecular weight excluding hydrogens is 390 g/mol. The number of nitrogens with zero attached hydrogens (tertiary/aromatic N) is 3. The Morgan fingerprint density at radius 1 is 1.29 bits per heavy atom. The number of aryl methyl sites for hydroxylation is 2. The number of amides is 1. The Morgan fingerprint density at radius 2 is 2.10 bits per heavy atom. The second kappa shape index (κ2) is 8.94. The lowest BCUT2D eigenvalue weighted by Gasteiger charge is -2.19. The third kappa shape index (κ3) is 4.49. The molecule has 0 saturated carbocycles. The zero-order valence-corrected chi connectivity index (χ0v) is 18.1. The highest BCUT2D eigenvalue weighted by molar-refractivity contribution is 5.81. The summed E-state index contributed by atoms with van der Waals surface area (Å²) >= 11 is 0. The van der Waals surface area contributed by atoms with Gasteiger partial charge in [0.1, 0.15) is 24.3 Å². The average molecular weight is 420 g/mol. The molecule has 0 radical (unpaired) electrons. The number of fused-ring (bicyclic) bond motifs is 1. The Labute approximate surface area is 182 Å². The van der Waals surface area contributed by atoms with E-state index in [0.717, 1.165) is 33.7 Å². The predicted molar refractivity (Wildman–Crippen MR) is 121 cm³/mol.